The summed E-state index contributed by atoms with van der Waals surface area (Å²) in [6.45, 7) is 3.13. The molecule has 0 heterocycles. The third-order valence-corrected chi connectivity index (χ3v) is 5.69. The number of sulfonamides is 1. The van der Waals surface area contributed by atoms with Crippen molar-refractivity contribution in [1.29, 1.82) is 0 Å². The lowest BCUT2D eigenvalue weighted by molar-refractivity contribution is 0.120. The second kappa shape index (κ2) is 9.17. The van der Waals surface area contributed by atoms with Gasteiger partial charge in [-0.3, -0.25) is 0 Å². The Bertz CT molecular complexity index is 683. The van der Waals surface area contributed by atoms with Crippen LogP contribution in [-0.2, 0) is 16.6 Å². The first kappa shape index (κ1) is 19.7. The summed E-state index contributed by atoms with van der Waals surface area (Å²) in [4.78, 5) is 4.80. The van der Waals surface area contributed by atoms with Gasteiger partial charge in [0.2, 0.25) is 10.0 Å². The monoisotopic (exact) mass is 368 g/mol. The summed E-state index contributed by atoms with van der Waals surface area (Å²) in [7, 11) is -2.05. The van der Waals surface area contributed by atoms with Crippen molar-refractivity contribution in [2.75, 3.05) is 13.6 Å². The molecule has 0 saturated heterocycles. The average molecular weight is 369 g/mol. The Hall–Kier alpha value is -1.64. The number of guanidine groups is 1. The zero-order valence-corrected chi connectivity index (χ0v) is 15.6. The molecule has 7 nitrogen and oxygen atoms in total. The van der Waals surface area contributed by atoms with Gasteiger partial charge in [0.1, 0.15) is 0 Å². The van der Waals surface area contributed by atoms with Crippen LogP contribution in [0.4, 0.5) is 0 Å². The predicted octanol–water partition coefficient (Wildman–Crippen LogP) is 0.953. The molecule has 1 aromatic rings. The first-order valence-electron chi connectivity index (χ1n) is 8.70. The molecule has 25 heavy (non-hydrogen) atoms. The molecule has 1 saturated carbocycles. The van der Waals surface area contributed by atoms with E-state index >= 15 is 0 Å². The molecule has 1 aliphatic rings. The van der Waals surface area contributed by atoms with E-state index in [9.17, 15) is 13.5 Å². The number of hydrogen-bond donors (Lipinski definition) is 4. The Morgan fingerprint density at radius 3 is 2.64 bits per heavy atom. The standard InChI is InChI=1S/C17H28N4O3S/c1-3-19-17(21-14-7-9-15(22)10-8-14)20-12-13-5-4-6-16(11-13)25(23,24)18-2/h4-6,11,14-15,18,22H,3,7-10,12H2,1-2H3,(H2,19,20,21). The van der Waals surface area contributed by atoms with Crippen LogP contribution < -0.4 is 15.4 Å². The highest BCUT2D eigenvalue weighted by atomic mass is 32.2. The highest BCUT2D eigenvalue weighted by Gasteiger charge is 2.20. The lowest BCUT2D eigenvalue weighted by atomic mass is 9.93. The van der Waals surface area contributed by atoms with E-state index in [1.54, 1.807) is 18.2 Å². The summed E-state index contributed by atoms with van der Waals surface area (Å²) in [5.41, 5.74) is 0.826. The molecule has 4 N–H and O–H groups in total. The molecule has 0 atom stereocenters. The Morgan fingerprint density at radius 1 is 1.28 bits per heavy atom. The van der Waals surface area contributed by atoms with Crippen molar-refractivity contribution in [2.45, 2.75) is 56.2 Å². The van der Waals surface area contributed by atoms with Gasteiger partial charge >= 0.3 is 0 Å². The summed E-state index contributed by atoms with van der Waals surface area (Å²) in [6, 6.07) is 7.08. The van der Waals surface area contributed by atoms with Crippen LogP contribution in [0.5, 0.6) is 0 Å². The normalized spacial score (nSPS) is 21.8. The maximum atomic E-state index is 11.9. The SMILES string of the molecule is CCNC(=NCc1cccc(S(=O)(=O)NC)c1)NC1CCC(O)CC1. The average Bonchev–Trinajstić information content (AvgIpc) is 2.62. The minimum absolute atomic E-state index is 0.186. The minimum Gasteiger partial charge on any atom is -0.393 e. The Labute approximate surface area is 150 Å². The summed E-state index contributed by atoms with van der Waals surface area (Å²) < 4.78 is 26.1. The van der Waals surface area contributed by atoms with Crippen LogP contribution in [0.15, 0.2) is 34.2 Å². The Morgan fingerprint density at radius 2 is 2.00 bits per heavy atom. The molecule has 0 spiro atoms. The molecule has 0 amide bonds. The summed E-state index contributed by atoms with van der Waals surface area (Å²) in [6.07, 6.45) is 3.26. The predicted molar refractivity (Wildman–Crippen MR) is 98.9 cm³/mol. The van der Waals surface area contributed by atoms with Gasteiger partial charge in [0.05, 0.1) is 17.5 Å². The van der Waals surface area contributed by atoms with Gasteiger partial charge in [-0.05, 0) is 57.4 Å². The van der Waals surface area contributed by atoms with Crippen molar-refractivity contribution < 1.29 is 13.5 Å². The summed E-state index contributed by atoms with van der Waals surface area (Å²) >= 11 is 0. The van der Waals surface area contributed by atoms with E-state index in [4.69, 9.17) is 0 Å². The van der Waals surface area contributed by atoms with Crippen molar-refractivity contribution in [2.24, 2.45) is 4.99 Å². The molecule has 8 heteroatoms. The van der Waals surface area contributed by atoms with Crippen molar-refractivity contribution in [3.8, 4) is 0 Å². The number of aliphatic hydroxyl groups excluding tert-OH is 1. The van der Waals surface area contributed by atoms with Crippen LogP contribution in [0, 0.1) is 0 Å². The van der Waals surface area contributed by atoms with Crippen LogP contribution in [0.2, 0.25) is 0 Å². The fourth-order valence-corrected chi connectivity index (χ4v) is 3.63. The van der Waals surface area contributed by atoms with Crippen LogP contribution in [-0.4, -0.2) is 45.2 Å². The number of aliphatic imine (C=N–C) groups is 1. The third-order valence-electron chi connectivity index (χ3n) is 4.28. The molecule has 0 radical (unpaired) electrons. The van der Waals surface area contributed by atoms with Crippen LogP contribution >= 0.6 is 0 Å². The number of hydrogen-bond acceptors (Lipinski definition) is 4. The lowest BCUT2D eigenvalue weighted by Crippen LogP contribution is -2.45. The van der Waals surface area contributed by atoms with Crippen LogP contribution in [0.1, 0.15) is 38.2 Å². The molecular formula is C17H28N4O3S. The van der Waals surface area contributed by atoms with Gasteiger partial charge in [-0.25, -0.2) is 18.1 Å². The summed E-state index contributed by atoms with van der Waals surface area (Å²) in [5.74, 6) is 0.714. The van der Waals surface area contributed by atoms with Crippen molar-refractivity contribution in [1.82, 2.24) is 15.4 Å². The van der Waals surface area contributed by atoms with Crippen molar-refractivity contribution in [3.63, 3.8) is 0 Å². The fraction of sp³-hybridized carbons (Fsp3) is 0.588. The fourth-order valence-electron chi connectivity index (χ4n) is 2.83. The zero-order chi connectivity index (χ0) is 18.3. The third kappa shape index (κ3) is 5.98. The van der Waals surface area contributed by atoms with Gasteiger partial charge in [0.25, 0.3) is 0 Å². The van der Waals surface area contributed by atoms with Gasteiger partial charge in [-0.15, -0.1) is 0 Å². The second-order valence-electron chi connectivity index (χ2n) is 6.20. The van der Waals surface area contributed by atoms with Gasteiger partial charge in [-0.1, -0.05) is 12.1 Å². The highest BCUT2D eigenvalue weighted by molar-refractivity contribution is 7.89. The maximum Gasteiger partial charge on any atom is 0.240 e. The van der Waals surface area contributed by atoms with E-state index in [0.717, 1.165) is 37.8 Å². The molecule has 1 fully saturated rings. The van der Waals surface area contributed by atoms with Crippen LogP contribution in [0.25, 0.3) is 0 Å². The van der Waals surface area contributed by atoms with E-state index in [1.165, 1.54) is 7.05 Å². The first-order chi connectivity index (χ1) is 11.9. The number of nitrogens with zero attached hydrogens (tertiary/aromatic N) is 1. The Balaban J connectivity index is 2.04. The van der Waals surface area contributed by atoms with Gasteiger partial charge < -0.3 is 15.7 Å². The van der Waals surface area contributed by atoms with Gasteiger partial charge in [0, 0.05) is 12.6 Å². The topological polar surface area (TPSA) is 103 Å². The van der Waals surface area contributed by atoms with Crippen LogP contribution in [0.3, 0.4) is 0 Å². The minimum atomic E-state index is -3.45. The first-order valence-corrected chi connectivity index (χ1v) is 10.2. The van der Waals surface area contributed by atoms with Crippen molar-refractivity contribution >= 4 is 16.0 Å². The Kier molecular flexibility index (Phi) is 7.22. The smallest absolute Gasteiger partial charge is 0.240 e. The zero-order valence-electron chi connectivity index (χ0n) is 14.8. The number of aliphatic hydroxyl groups is 1. The molecular weight excluding hydrogens is 340 g/mol. The molecule has 0 aliphatic heterocycles. The van der Waals surface area contributed by atoms with Gasteiger partial charge in [-0.2, -0.15) is 0 Å². The van der Waals surface area contributed by atoms with E-state index < -0.39 is 10.0 Å². The molecule has 0 unspecified atom stereocenters. The quantitative estimate of drug-likeness (QED) is 0.442. The lowest BCUT2D eigenvalue weighted by Gasteiger charge is -2.27. The molecule has 2 rings (SSSR count). The summed E-state index contributed by atoms with van der Waals surface area (Å²) in [5, 5.41) is 16.2. The van der Waals surface area contributed by atoms with E-state index in [0.29, 0.717) is 18.5 Å². The highest BCUT2D eigenvalue weighted by Crippen LogP contribution is 2.18. The largest absolute Gasteiger partial charge is 0.393 e. The maximum absolute atomic E-state index is 11.9. The molecule has 0 aromatic heterocycles. The van der Waals surface area contributed by atoms with Gasteiger partial charge in [0.15, 0.2) is 5.96 Å². The molecule has 1 aromatic carbocycles. The van der Waals surface area contributed by atoms with E-state index in [1.807, 2.05) is 13.0 Å². The van der Waals surface area contributed by atoms with Crippen molar-refractivity contribution in [3.05, 3.63) is 29.8 Å². The number of rotatable bonds is 6. The molecule has 140 valence electrons. The second-order valence-corrected chi connectivity index (χ2v) is 8.09. The molecule has 0 bridgehead atoms. The van der Waals surface area contributed by atoms with E-state index in [2.05, 4.69) is 20.3 Å². The molecule has 1 aliphatic carbocycles. The number of benzene rings is 1. The number of nitrogens with one attached hydrogen (secondary N) is 3. The van der Waals surface area contributed by atoms with E-state index in [-0.39, 0.29) is 11.0 Å².